The van der Waals surface area contributed by atoms with E-state index in [1.54, 1.807) is 16.8 Å². The molecule has 42 heavy (non-hydrogen) atoms. The molecule has 11 nitrogen and oxygen atoms in total. The van der Waals surface area contributed by atoms with Crippen molar-refractivity contribution >= 4 is 33.4 Å². The second-order valence-corrected chi connectivity index (χ2v) is 11.5. The van der Waals surface area contributed by atoms with Crippen LogP contribution in [-0.2, 0) is 6.54 Å². The summed E-state index contributed by atoms with van der Waals surface area (Å²) in [5.41, 5.74) is 3.33. The maximum atomic E-state index is 13.5. The monoisotopic (exact) mass is 564 g/mol. The van der Waals surface area contributed by atoms with Gasteiger partial charge in [-0.05, 0) is 31.2 Å². The molecule has 3 aliphatic rings. The van der Waals surface area contributed by atoms with Gasteiger partial charge in [-0.2, -0.15) is 0 Å². The minimum Gasteiger partial charge on any atom is -0.487 e. The van der Waals surface area contributed by atoms with Crippen molar-refractivity contribution in [2.24, 2.45) is 0 Å². The van der Waals surface area contributed by atoms with Gasteiger partial charge in [0.05, 0.1) is 23.0 Å². The number of para-hydroxylation sites is 1. The zero-order valence-corrected chi connectivity index (χ0v) is 23.4. The predicted octanol–water partition coefficient (Wildman–Crippen LogP) is 2.81. The Labute approximate surface area is 241 Å². The number of aromatic amines is 2. The highest BCUT2D eigenvalue weighted by Gasteiger charge is 2.32. The number of hydrogen-bond donors (Lipinski definition) is 2. The summed E-state index contributed by atoms with van der Waals surface area (Å²) in [6.07, 6.45) is 2.67. The Kier molecular flexibility index (Phi) is 5.81. The van der Waals surface area contributed by atoms with E-state index >= 15 is 0 Å². The lowest BCUT2D eigenvalue weighted by Gasteiger charge is -2.37. The van der Waals surface area contributed by atoms with Crippen molar-refractivity contribution in [1.29, 1.82) is 0 Å². The topological polar surface area (TPSA) is 115 Å². The van der Waals surface area contributed by atoms with Gasteiger partial charge in [0.25, 0.3) is 11.1 Å². The van der Waals surface area contributed by atoms with E-state index < -0.39 is 0 Å². The minimum absolute atomic E-state index is 0.0292. The van der Waals surface area contributed by atoms with Gasteiger partial charge in [0, 0.05) is 75.2 Å². The molecule has 2 saturated heterocycles. The van der Waals surface area contributed by atoms with Gasteiger partial charge in [-0.3, -0.25) is 24.3 Å². The lowest BCUT2D eigenvalue weighted by Crippen LogP contribution is -2.46. The quantitative estimate of drug-likeness (QED) is 0.337. The van der Waals surface area contributed by atoms with E-state index in [0.717, 1.165) is 57.2 Å². The number of nitrogens with one attached hydrogen (secondary N) is 2. The first-order valence-corrected chi connectivity index (χ1v) is 14.6. The third kappa shape index (κ3) is 4.14. The molecule has 11 heteroatoms. The molecule has 0 amide bonds. The van der Waals surface area contributed by atoms with Crippen LogP contribution >= 0.6 is 0 Å². The average molecular weight is 565 g/mol. The predicted molar refractivity (Wildman–Crippen MR) is 163 cm³/mol. The molecule has 6 bridgehead atoms. The van der Waals surface area contributed by atoms with Gasteiger partial charge in [0.2, 0.25) is 0 Å². The van der Waals surface area contributed by atoms with Crippen LogP contribution in [0.3, 0.4) is 0 Å². The highest BCUT2D eigenvalue weighted by molar-refractivity contribution is 5.94. The molecule has 1 unspecified atom stereocenters. The van der Waals surface area contributed by atoms with Gasteiger partial charge in [0.1, 0.15) is 28.9 Å². The fraction of sp³-hybridized carbons (Fsp3) is 0.355. The molecule has 0 spiro atoms. The molecule has 8 rings (SSSR count). The fourth-order valence-corrected chi connectivity index (χ4v) is 6.73. The van der Waals surface area contributed by atoms with Crippen molar-refractivity contribution in [2.45, 2.75) is 32.0 Å². The van der Waals surface area contributed by atoms with Crippen molar-refractivity contribution in [3.63, 3.8) is 0 Å². The third-order valence-electron chi connectivity index (χ3n) is 8.98. The summed E-state index contributed by atoms with van der Waals surface area (Å²) >= 11 is 0. The second-order valence-electron chi connectivity index (χ2n) is 11.5. The number of fused-ring (bicyclic) bond motifs is 5. The number of H-pyrrole nitrogens is 2. The summed E-state index contributed by atoms with van der Waals surface area (Å²) in [5, 5.41) is 3.83. The molecule has 0 aliphatic carbocycles. The summed E-state index contributed by atoms with van der Waals surface area (Å²) in [7, 11) is 0. The van der Waals surface area contributed by atoms with E-state index in [9.17, 15) is 9.59 Å². The van der Waals surface area contributed by atoms with Crippen molar-refractivity contribution in [3.8, 4) is 17.0 Å². The van der Waals surface area contributed by atoms with Gasteiger partial charge in [-0.15, -0.1) is 0 Å². The highest BCUT2D eigenvalue weighted by Crippen LogP contribution is 2.34. The first kappa shape index (κ1) is 25.1. The number of nitrogens with zero attached hydrogens (tertiary/aromatic N) is 6. The molecule has 2 fully saturated rings. The number of aromatic nitrogens is 5. The molecule has 214 valence electrons. The van der Waals surface area contributed by atoms with Gasteiger partial charge < -0.3 is 19.5 Å². The summed E-state index contributed by atoms with van der Waals surface area (Å²) in [4.78, 5) is 46.3. The molecule has 6 heterocycles. The summed E-state index contributed by atoms with van der Waals surface area (Å²) in [5.74, 6) is 1.65. The zero-order chi connectivity index (χ0) is 28.4. The van der Waals surface area contributed by atoms with Crippen molar-refractivity contribution in [3.05, 3.63) is 75.4 Å². The summed E-state index contributed by atoms with van der Waals surface area (Å²) < 4.78 is 8.37. The number of hydrogen-bond acceptors (Lipinski definition) is 8. The van der Waals surface area contributed by atoms with E-state index in [0.29, 0.717) is 45.8 Å². The molecular formula is C31H32N8O3. The molecular weight excluding hydrogens is 532 g/mol. The Bertz CT molecular complexity index is 1920. The van der Waals surface area contributed by atoms with Crippen LogP contribution in [0.2, 0.25) is 0 Å². The lowest BCUT2D eigenvalue weighted by molar-refractivity contribution is 0.195. The Hall–Kier alpha value is -4.64. The minimum atomic E-state index is -0.306. The molecule has 3 aliphatic heterocycles. The van der Waals surface area contributed by atoms with Crippen molar-refractivity contribution in [1.82, 2.24) is 29.6 Å². The average Bonchev–Trinajstić information content (AvgIpc) is 3.53. The van der Waals surface area contributed by atoms with Crippen LogP contribution in [0.15, 0.2) is 64.3 Å². The number of anilines is 2. The number of pyridine rings is 1. The Balaban J connectivity index is 1.24. The smallest absolute Gasteiger partial charge is 0.275 e. The van der Waals surface area contributed by atoms with Gasteiger partial charge in [0.15, 0.2) is 0 Å². The van der Waals surface area contributed by atoms with Crippen LogP contribution in [0.4, 0.5) is 11.5 Å². The molecule has 0 saturated carbocycles. The van der Waals surface area contributed by atoms with Crippen LogP contribution < -0.4 is 25.7 Å². The Morgan fingerprint density at radius 2 is 1.81 bits per heavy atom. The fourth-order valence-electron chi connectivity index (χ4n) is 6.73. The van der Waals surface area contributed by atoms with Gasteiger partial charge in [-0.25, -0.2) is 9.97 Å². The molecule has 2 N–H and O–H groups in total. The van der Waals surface area contributed by atoms with E-state index in [1.165, 1.54) is 0 Å². The summed E-state index contributed by atoms with van der Waals surface area (Å²) in [6, 6.07) is 15.8. The zero-order valence-electron chi connectivity index (χ0n) is 23.4. The first-order chi connectivity index (χ1) is 20.5. The maximum Gasteiger partial charge on any atom is 0.275 e. The Morgan fingerprint density at radius 3 is 2.64 bits per heavy atom. The second kappa shape index (κ2) is 9.73. The maximum absolute atomic E-state index is 13.5. The normalized spacial score (nSPS) is 22.2. The van der Waals surface area contributed by atoms with E-state index in [-0.39, 0.29) is 22.9 Å². The number of rotatable bonds is 2. The van der Waals surface area contributed by atoms with Crippen LogP contribution in [-0.4, -0.2) is 81.0 Å². The van der Waals surface area contributed by atoms with Crippen molar-refractivity contribution in [2.75, 3.05) is 49.1 Å². The van der Waals surface area contributed by atoms with Crippen LogP contribution in [0.1, 0.15) is 13.3 Å². The molecule has 5 aromatic rings. The van der Waals surface area contributed by atoms with E-state index in [2.05, 4.69) is 42.8 Å². The molecule has 2 aromatic carbocycles. The van der Waals surface area contributed by atoms with Crippen LogP contribution in [0.25, 0.3) is 33.2 Å². The van der Waals surface area contributed by atoms with E-state index in [4.69, 9.17) is 9.72 Å². The Morgan fingerprint density at radius 1 is 0.952 bits per heavy atom. The standard InChI is InChI=1S/C31H32N8O3/c1-19-15-21-18-38(19)13-14-39-31(41)23-6-4-5-22(27(23)35-39)28-30(40)33-24-16-20(17-25(42-21)29(24)34-28)36-9-11-37(12-10-36)26-7-2-3-8-32-26/h2-8,16-17,19,21,35H,9-15,18H2,1H3,(H,33,40)/t19-,21+/m1/s1. The molecule has 3 atom stereocenters. The van der Waals surface area contributed by atoms with Crippen molar-refractivity contribution < 1.29 is 4.74 Å². The van der Waals surface area contributed by atoms with Crippen LogP contribution in [0, 0.1) is 0 Å². The summed E-state index contributed by atoms with van der Waals surface area (Å²) in [6.45, 7) is 7.53. The van der Waals surface area contributed by atoms with Gasteiger partial charge in [-0.1, -0.05) is 18.2 Å². The van der Waals surface area contributed by atoms with Crippen LogP contribution in [0.5, 0.6) is 5.75 Å². The third-order valence-corrected chi connectivity index (χ3v) is 8.98. The molecule has 0 radical (unpaired) electrons. The SMILES string of the molecule is C[C@@H]1C[C@H]2CN1CCn1[nH]c3c(cccc3c1=O)-c1nc3c(cc(N4CCN(c5ccccn5)CC4)cc3[nH]c1=O)O2. The van der Waals surface area contributed by atoms with Gasteiger partial charge >= 0.3 is 0 Å². The number of piperazine rings is 1. The largest absolute Gasteiger partial charge is 0.487 e. The first-order valence-electron chi connectivity index (χ1n) is 14.6. The highest BCUT2D eigenvalue weighted by atomic mass is 16.5. The molecule has 3 aromatic heterocycles. The lowest BCUT2D eigenvalue weighted by atomic mass is 10.1. The van der Waals surface area contributed by atoms with E-state index in [1.807, 2.05) is 36.5 Å². The number of ether oxygens (including phenoxy) is 1. The number of benzene rings is 2.